The van der Waals surface area contributed by atoms with Crippen molar-refractivity contribution in [3.8, 4) is 5.75 Å². The van der Waals surface area contributed by atoms with Crippen LogP contribution >= 0.6 is 11.6 Å². The number of carboxylic acids is 1. The van der Waals surface area contributed by atoms with Gasteiger partial charge in [-0.1, -0.05) is 92.5 Å². The summed E-state index contributed by atoms with van der Waals surface area (Å²) in [4.78, 5) is 38.6. The molecule has 0 radical (unpaired) electrons. The fourth-order valence-electron chi connectivity index (χ4n) is 4.21. The molecule has 4 atom stereocenters. The van der Waals surface area contributed by atoms with Crippen LogP contribution in [-0.4, -0.2) is 47.6 Å². The highest BCUT2D eigenvalue weighted by atomic mass is 35.5. The van der Waals surface area contributed by atoms with Gasteiger partial charge in [0.15, 0.2) is 0 Å². The molecule has 212 valence electrons. The minimum absolute atomic E-state index is 0.138. The zero-order valence-electron chi connectivity index (χ0n) is 22.7. The fourth-order valence-corrected chi connectivity index (χ4v) is 4.37. The lowest BCUT2D eigenvalue weighted by molar-refractivity contribution is -0.143. The van der Waals surface area contributed by atoms with E-state index >= 15 is 0 Å². The Balaban J connectivity index is 1.78. The van der Waals surface area contributed by atoms with E-state index in [9.17, 15) is 19.5 Å². The highest BCUT2D eigenvalue weighted by molar-refractivity contribution is 6.30. The first-order chi connectivity index (χ1) is 19.2. The van der Waals surface area contributed by atoms with E-state index in [1.807, 2.05) is 67.6 Å². The Hall–Kier alpha value is -3.88. The van der Waals surface area contributed by atoms with Crippen molar-refractivity contribution >= 4 is 29.4 Å². The van der Waals surface area contributed by atoms with Crippen LogP contribution in [0.15, 0.2) is 78.9 Å². The van der Waals surface area contributed by atoms with Crippen LogP contribution in [-0.2, 0) is 22.4 Å². The van der Waals surface area contributed by atoms with Crippen LogP contribution in [0.25, 0.3) is 0 Å². The molecule has 0 saturated heterocycles. The summed E-state index contributed by atoms with van der Waals surface area (Å²) < 4.78 is 5.93. The van der Waals surface area contributed by atoms with E-state index in [0.29, 0.717) is 17.9 Å². The zero-order valence-corrected chi connectivity index (χ0v) is 23.4. The van der Waals surface area contributed by atoms with Gasteiger partial charge in [-0.25, -0.2) is 4.79 Å². The Morgan fingerprint density at radius 1 is 0.925 bits per heavy atom. The van der Waals surface area contributed by atoms with Gasteiger partial charge in [-0.15, -0.1) is 0 Å². The zero-order chi connectivity index (χ0) is 29.1. The van der Waals surface area contributed by atoms with Crippen molar-refractivity contribution in [2.75, 3.05) is 6.61 Å². The van der Waals surface area contributed by atoms with Crippen molar-refractivity contribution in [1.29, 1.82) is 0 Å². The van der Waals surface area contributed by atoms with Crippen molar-refractivity contribution < 1.29 is 24.2 Å². The number of hydrogen-bond acceptors (Lipinski definition) is 5. The first-order valence-electron chi connectivity index (χ1n) is 13.3. The second-order valence-electron chi connectivity index (χ2n) is 9.83. The number of halogens is 1. The summed E-state index contributed by atoms with van der Waals surface area (Å²) >= 11 is 6.20. The lowest BCUT2D eigenvalue weighted by Gasteiger charge is -2.25. The Morgan fingerprint density at radius 2 is 1.52 bits per heavy atom. The number of nitrogens with two attached hydrogens (primary N) is 1. The van der Waals surface area contributed by atoms with Crippen LogP contribution < -0.4 is 21.1 Å². The van der Waals surface area contributed by atoms with E-state index in [-0.39, 0.29) is 36.3 Å². The topological polar surface area (TPSA) is 131 Å². The van der Waals surface area contributed by atoms with Crippen LogP contribution in [0.5, 0.6) is 5.75 Å². The predicted octanol–water partition coefficient (Wildman–Crippen LogP) is 4.25. The van der Waals surface area contributed by atoms with Gasteiger partial charge in [0.05, 0.1) is 5.56 Å². The monoisotopic (exact) mass is 565 g/mol. The number of rotatable bonds is 14. The second-order valence-corrected chi connectivity index (χ2v) is 10.3. The molecule has 8 nitrogen and oxygen atoms in total. The molecule has 0 saturated carbocycles. The molecule has 5 N–H and O–H groups in total. The highest BCUT2D eigenvalue weighted by Crippen LogP contribution is 2.24. The number of nitrogens with one attached hydrogen (secondary N) is 2. The van der Waals surface area contributed by atoms with Gasteiger partial charge in [0, 0.05) is 17.5 Å². The van der Waals surface area contributed by atoms with Crippen LogP contribution in [0.1, 0.15) is 41.8 Å². The Labute approximate surface area is 239 Å². The van der Waals surface area contributed by atoms with Crippen LogP contribution in [0.3, 0.4) is 0 Å². The SMILES string of the molecule is CC[C@H](C)[C@H](NC(=O)[C@H](Cc1ccccc1)NC(=O)c1ccc(Cl)cc1OC[C@H](N)Cc1ccccc1)C(=O)O. The summed E-state index contributed by atoms with van der Waals surface area (Å²) in [6.07, 6.45) is 1.31. The van der Waals surface area contributed by atoms with Crippen molar-refractivity contribution in [2.45, 2.75) is 51.2 Å². The van der Waals surface area contributed by atoms with Gasteiger partial charge in [0.1, 0.15) is 24.4 Å². The predicted molar refractivity (Wildman–Crippen MR) is 155 cm³/mol. The summed E-state index contributed by atoms with van der Waals surface area (Å²) in [6, 6.07) is 21.1. The summed E-state index contributed by atoms with van der Waals surface area (Å²) in [7, 11) is 0. The first kappa shape index (κ1) is 30.7. The van der Waals surface area contributed by atoms with Crippen LogP contribution in [0.4, 0.5) is 0 Å². The minimum Gasteiger partial charge on any atom is -0.491 e. The van der Waals surface area contributed by atoms with Crippen molar-refractivity contribution in [1.82, 2.24) is 10.6 Å². The number of hydrogen-bond donors (Lipinski definition) is 4. The third kappa shape index (κ3) is 9.10. The number of amides is 2. The van der Waals surface area contributed by atoms with Gasteiger partial charge in [0.2, 0.25) is 5.91 Å². The maximum Gasteiger partial charge on any atom is 0.326 e. The maximum absolute atomic E-state index is 13.5. The molecule has 9 heteroatoms. The second kappa shape index (κ2) is 15.1. The summed E-state index contributed by atoms with van der Waals surface area (Å²) in [5, 5.41) is 15.4. The Morgan fingerprint density at radius 3 is 2.10 bits per heavy atom. The number of carboxylic acid groups (broad SMARTS) is 1. The molecular formula is C31H36ClN3O5. The normalized spacial score (nSPS) is 13.9. The third-order valence-electron chi connectivity index (χ3n) is 6.66. The van der Waals surface area contributed by atoms with E-state index in [4.69, 9.17) is 22.1 Å². The lowest BCUT2D eigenvalue weighted by atomic mass is 9.98. The fraction of sp³-hybridized carbons (Fsp3) is 0.323. The molecule has 2 amide bonds. The molecule has 3 aromatic rings. The number of aliphatic carboxylic acids is 1. The summed E-state index contributed by atoms with van der Waals surface area (Å²) in [6.45, 7) is 3.74. The Bertz CT molecular complexity index is 1270. The lowest BCUT2D eigenvalue weighted by Crippen LogP contribution is -2.54. The van der Waals surface area contributed by atoms with E-state index in [2.05, 4.69) is 10.6 Å². The van der Waals surface area contributed by atoms with Crippen molar-refractivity contribution in [2.24, 2.45) is 11.7 Å². The minimum atomic E-state index is -1.13. The molecule has 0 unspecified atom stereocenters. The molecule has 0 aliphatic carbocycles. The van der Waals surface area contributed by atoms with E-state index in [1.54, 1.807) is 13.0 Å². The van der Waals surface area contributed by atoms with Gasteiger partial charge in [-0.2, -0.15) is 0 Å². The van der Waals surface area contributed by atoms with E-state index < -0.39 is 29.9 Å². The van der Waals surface area contributed by atoms with Gasteiger partial charge in [0.25, 0.3) is 5.91 Å². The molecule has 0 aromatic heterocycles. The largest absolute Gasteiger partial charge is 0.491 e. The Kier molecular flexibility index (Phi) is 11.5. The number of ether oxygens (including phenoxy) is 1. The van der Waals surface area contributed by atoms with Crippen molar-refractivity contribution in [3.05, 3.63) is 101 Å². The standard InChI is InChI=1S/C31H36ClN3O5/c1-3-20(2)28(31(38)39)35-30(37)26(17-22-12-8-5-9-13-22)34-29(36)25-15-14-23(32)18-27(25)40-19-24(33)16-21-10-6-4-7-11-21/h4-15,18,20,24,26,28H,3,16-17,19,33H2,1-2H3,(H,34,36)(H,35,37)(H,38,39)/t20-,24+,26-,28-/m0/s1. The van der Waals surface area contributed by atoms with E-state index in [0.717, 1.165) is 11.1 Å². The molecule has 0 spiro atoms. The summed E-state index contributed by atoms with van der Waals surface area (Å²) in [5.74, 6) is -2.35. The smallest absolute Gasteiger partial charge is 0.326 e. The van der Waals surface area contributed by atoms with Crippen LogP contribution in [0.2, 0.25) is 5.02 Å². The molecule has 0 aliphatic heterocycles. The quantitative estimate of drug-likeness (QED) is 0.231. The number of carbonyl (C=O) groups is 3. The molecule has 0 heterocycles. The molecule has 0 fully saturated rings. The average Bonchev–Trinajstić information content (AvgIpc) is 2.94. The molecular weight excluding hydrogens is 530 g/mol. The van der Waals surface area contributed by atoms with Crippen molar-refractivity contribution in [3.63, 3.8) is 0 Å². The summed E-state index contributed by atoms with van der Waals surface area (Å²) in [5.41, 5.74) is 8.32. The molecule has 3 aromatic carbocycles. The van der Waals surface area contributed by atoms with Gasteiger partial charge >= 0.3 is 5.97 Å². The third-order valence-corrected chi connectivity index (χ3v) is 6.90. The first-order valence-corrected chi connectivity index (χ1v) is 13.7. The molecule has 40 heavy (non-hydrogen) atoms. The maximum atomic E-state index is 13.5. The molecule has 3 rings (SSSR count). The van der Waals surface area contributed by atoms with Gasteiger partial charge < -0.3 is 26.2 Å². The van der Waals surface area contributed by atoms with E-state index in [1.165, 1.54) is 12.1 Å². The van der Waals surface area contributed by atoms with Gasteiger partial charge in [-0.05, 0) is 41.7 Å². The number of carbonyl (C=O) groups excluding carboxylic acids is 2. The number of benzene rings is 3. The van der Waals surface area contributed by atoms with Gasteiger partial charge in [-0.3, -0.25) is 9.59 Å². The molecule has 0 bridgehead atoms. The van der Waals surface area contributed by atoms with Crippen LogP contribution in [0, 0.1) is 5.92 Å². The highest BCUT2D eigenvalue weighted by Gasteiger charge is 2.30. The molecule has 0 aliphatic rings. The average molecular weight is 566 g/mol.